The average Bonchev–Trinajstić information content (AvgIpc) is 2.61. The number of amides is 1. The number of hydrogen-bond acceptors (Lipinski definition) is 4. The number of benzene rings is 1. The highest BCUT2D eigenvalue weighted by atomic mass is 16.5. The van der Waals surface area contributed by atoms with Gasteiger partial charge in [0, 0.05) is 11.8 Å². The summed E-state index contributed by atoms with van der Waals surface area (Å²) >= 11 is 0. The van der Waals surface area contributed by atoms with Crippen molar-refractivity contribution in [2.45, 2.75) is 6.92 Å². The predicted molar refractivity (Wildman–Crippen MR) is 95.6 cm³/mol. The van der Waals surface area contributed by atoms with Crippen LogP contribution in [0.15, 0.2) is 60.8 Å². The lowest BCUT2D eigenvalue weighted by molar-refractivity contribution is -0.112. The van der Waals surface area contributed by atoms with Crippen LogP contribution in [0.5, 0.6) is 5.75 Å². The van der Waals surface area contributed by atoms with Crippen LogP contribution in [-0.4, -0.2) is 28.6 Å². The van der Waals surface area contributed by atoms with Gasteiger partial charge in [-0.1, -0.05) is 24.8 Å². The van der Waals surface area contributed by atoms with Crippen LogP contribution in [0.25, 0.3) is 6.08 Å². The first-order chi connectivity index (χ1) is 12.0. The molecular weight excluding hydrogens is 320 g/mol. The average molecular weight is 338 g/mol. The molecule has 0 saturated carbocycles. The van der Waals surface area contributed by atoms with Crippen LogP contribution >= 0.6 is 0 Å². The SMILES string of the molecule is C=CCOc1ccc(C=C(C)C(=O)Nc2ccc(C(=O)O)cn2)cc1. The summed E-state index contributed by atoms with van der Waals surface area (Å²) in [7, 11) is 0. The summed E-state index contributed by atoms with van der Waals surface area (Å²) in [5.74, 6) is -0.373. The van der Waals surface area contributed by atoms with E-state index in [4.69, 9.17) is 9.84 Å². The van der Waals surface area contributed by atoms with Crippen molar-refractivity contribution in [1.29, 1.82) is 0 Å². The summed E-state index contributed by atoms with van der Waals surface area (Å²) in [6, 6.07) is 10.1. The van der Waals surface area contributed by atoms with Crippen molar-refractivity contribution >= 4 is 23.8 Å². The minimum absolute atomic E-state index is 0.0593. The maximum absolute atomic E-state index is 12.2. The van der Waals surface area contributed by atoms with Crippen molar-refractivity contribution in [3.05, 3.63) is 72.0 Å². The minimum Gasteiger partial charge on any atom is -0.490 e. The highest BCUT2D eigenvalue weighted by Gasteiger charge is 2.08. The van der Waals surface area contributed by atoms with E-state index in [1.807, 2.05) is 24.3 Å². The Kier molecular flexibility index (Phi) is 6.06. The molecule has 25 heavy (non-hydrogen) atoms. The lowest BCUT2D eigenvalue weighted by Crippen LogP contribution is -2.13. The molecule has 0 unspecified atom stereocenters. The first-order valence-electron chi connectivity index (χ1n) is 7.52. The Morgan fingerprint density at radius 3 is 2.52 bits per heavy atom. The second-order valence-electron chi connectivity index (χ2n) is 5.19. The number of carbonyl (C=O) groups excluding carboxylic acids is 1. The highest BCUT2D eigenvalue weighted by molar-refractivity contribution is 6.05. The van der Waals surface area contributed by atoms with E-state index in [1.165, 1.54) is 18.3 Å². The van der Waals surface area contributed by atoms with Gasteiger partial charge in [-0.3, -0.25) is 4.79 Å². The molecule has 0 bridgehead atoms. The molecule has 6 heteroatoms. The van der Waals surface area contributed by atoms with E-state index >= 15 is 0 Å². The number of nitrogens with zero attached hydrogens (tertiary/aromatic N) is 1. The molecule has 2 rings (SSSR count). The molecule has 1 amide bonds. The van der Waals surface area contributed by atoms with E-state index in [0.29, 0.717) is 12.2 Å². The topological polar surface area (TPSA) is 88.5 Å². The van der Waals surface area contributed by atoms with Gasteiger partial charge < -0.3 is 15.2 Å². The van der Waals surface area contributed by atoms with E-state index < -0.39 is 5.97 Å². The Hall–Kier alpha value is -3.41. The molecular formula is C19H18N2O4. The van der Waals surface area contributed by atoms with Crippen LogP contribution in [0.4, 0.5) is 5.82 Å². The molecule has 2 aromatic rings. The van der Waals surface area contributed by atoms with Gasteiger partial charge in [0.15, 0.2) is 0 Å². The van der Waals surface area contributed by atoms with Crippen molar-refractivity contribution in [2.75, 3.05) is 11.9 Å². The van der Waals surface area contributed by atoms with Gasteiger partial charge in [0.25, 0.3) is 5.91 Å². The van der Waals surface area contributed by atoms with E-state index in [1.54, 1.807) is 19.1 Å². The summed E-state index contributed by atoms with van der Waals surface area (Å²) in [5.41, 5.74) is 1.40. The Bertz CT molecular complexity index is 793. The number of nitrogens with one attached hydrogen (secondary N) is 1. The largest absolute Gasteiger partial charge is 0.490 e. The predicted octanol–water partition coefficient (Wildman–Crippen LogP) is 3.39. The van der Waals surface area contributed by atoms with Gasteiger partial charge >= 0.3 is 5.97 Å². The van der Waals surface area contributed by atoms with E-state index in [-0.39, 0.29) is 17.3 Å². The second kappa shape index (κ2) is 8.44. The second-order valence-corrected chi connectivity index (χ2v) is 5.19. The monoisotopic (exact) mass is 338 g/mol. The fraction of sp³-hybridized carbons (Fsp3) is 0.105. The lowest BCUT2D eigenvalue weighted by Gasteiger charge is -2.06. The minimum atomic E-state index is -1.07. The van der Waals surface area contributed by atoms with Crippen molar-refractivity contribution in [3.8, 4) is 5.75 Å². The van der Waals surface area contributed by atoms with Gasteiger partial charge in [-0.15, -0.1) is 0 Å². The Balaban J connectivity index is 2.01. The molecule has 1 heterocycles. The highest BCUT2D eigenvalue weighted by Crippen LogP contribution is 2.15. The maximum atomic E-state index is 12.2. The molecule has 0 aliphatic rings. The summed E-state index contributed by atoms with van der Waals surface area (Å²) < 4.78 is 5.40. The molecule has 2 N–H and O–H groups in total. The quantitative estimate of drug-likeness (QED) is 0.597. The zero-order valence-corrected chi connectivity index (χ0v) is 13.7. The molecule has 1 aromatic heterocycles. The van der Waals surface area contributed by atoms with Crippen molar-refractivity contribution in [2.24, 2.45) is 0 Å². The van der Waals surface area contributed by atoms with Gasteiger partial charge in [0.2, 0.25) is 0 Å². The van der Waals surface area contributed by atoms with E-state index in [9.17, 15) is 9.59 Å². The number of carbonyl (C=O) groups is 2. The standard InChI is InChI=1S/C19H18N2O4/c1-3-10-25-16-7-4-14(5-8-16)11-13(2)18(22)21-17-9-6-15(12-20-17)19(23)24/h3-9,11-12H,1,10H2,2H3,(H,23,24)(H,20,21,22). The first-order valence-corrected chi connectivity index (χ1v) is 7.52. The maximum Gasteiger partial charge on any atom is 0.337 e. The third-order valence-corrected chi connectivity index (χ3v) is 3.24. The van der Waals surface area contributed by atoms with Gasteiger partial charge in [-0.05, 0) is 42.8 Å². The van der Waals surface area contributed by atoms with Crippen molar-refractivity contribution in [3.63, 3.8) is 0 Å². The Morgan fingerprint density at radius 1 is 1.24 bits per heavy atom. The van der Waals surface area contributed by atoms with Gasteiger partial charge in [0.1, 0.15) is 18.2 Å². The van der Waals surface area contributed by atoms with Gasteiger partial charge in [-0.2, -0.15) is 0 Å². The molecule has 0 atom stereocenters. The number of hydrogen-bond donors (Lipinski definition) is 2. The first kappa shape index (κ1) is 17.9. The zero-order valence-electron chi connectivity index (χ0n) is 13.7. The third kappa shape index (κ3) is 5.31. The van der Waals surface area contributed by atoms with Gasteiger partial charge in [-0.25, -0.2) is 9.78 Å². The van der Waals surface area contributed by atoms with Crippen LogP contribution in [0.3, 0.4) is 0 Å². The number of ether oxygens (including phenoxy) is 1. The van der Waals surface area contributed by atoms with E-state index in [2.05, 4.69) is 16.9 Å². The summed E-state index contributed by atoms with van der Waals surface area (Å²) in [6.45, 7) is 5.71. The molecule has 0 saturated heterocycles. The molecule has 1 aromatic carbocycles. The fourth-order valence-electron chi connectivity index (χ4n) is 1.94. The number of anilines is 1. The van der Waals surface area contributed by atoms with Crippen LogP contribution in [0, 0.1) is 0 Å². The van der Waals surface area contributed by atoms with Crippen molar-refractivity contribution < 1.29 is 19.4 Å². The number of carboxylic acids is 1. The Morgan fingerprint density at radius 2 is 1.96 bits per heavy atom. The van der Waals surface area contributed by atoms with Crippen LogP contribution in [-0.2, 0) is 4.79 Å². The lowest BCUT2D eigenvalue weighted by atomic mass is 10.1. The van der Waals surface area contributed by atoms with Crippen LogP contribution in [0.2, 0.25) is 0 Å². The molecule has 0 aliphatic carbocycles. The molecule has 128 valence electrons. The van der Waals surface area contributed by atoms with Gasteiger partial charge in [0.05, 0.1) is 5.56 Å². The zero-order chi connectivity index (χ0) is 18.2. The normalized spacial score (nSPS) is 10.8. The molecule has 0 aliphatic heterocycles. The number of carboxylic acid groups (broad SMARTS) is 1. The third-order valence-electron chi connectivity index (χ3n) is 3.24. The van der Waals surface area contributed by atoms with Crippen LogP contribution < -0.4 is 10.1 Å². The molecule has 0 spiro atoms. The smallest absolute Gasteiger partial charge is 0.337 e. The van der Waals surface area contributed by atoms with Crippen molar-refractivity contribution in [1.82, 2.24) is 4.98 Å². The molecule has 6 nitrogen and oxygen atoms in total. The van der Waals surface area contributed by atoms with Crippen LogP contribution in [0.1, 0.15) is 22.8 Å². The summed E-state index contributed by atoms with van der Waals surface area (Å²) in [5, 5.41) is 11.4. The Labute approximate surface area is 145 Å². The molecule has 0 radical (unpaired) electrons. The van der Waals surface area contributed by atoms with E-state index in [0.717, 1.165) is 11.3 Å². The number of aromatic carboxylic acids is 1. The fourth-order valence-corrected chi connectivity index (χ4v) is 1.94. The number of rotatable bonds is 7. The number of pyridine rings is 1. The summed E-state index contributed by atoms with van der Waals surface area (Å²) in [6.07, 6.45) is 4.59. The molecule has 0 fully saturated rings. The summed E-state index contributed by atoms with van der Waals surface area (Å²) in [4.78, 5) is 26.9. The number of aromatic nitrogens is 1.